The van der Waals surface area contributed by atoms with Crippen LogP contribution in [0, 0.1) is 20.8 Å². The number of thioether (sulfide) groups is 1. The molecule has 23 heavy (non-hydrogen) atoms. The van der Waals surface area contributed by atoms with E-state index in [0.29, 0.717) is 0 Å². The zero-order valence-corrected chi connectivity index (χ0v) is 15.5. The first-order valence-electron chi connectivity index (χ1n) is 8.13. The van der Waals surface area contributed by atoms with E-state index in [-0.39, 0.29) is 0 Å². The summed E-state index contributed by atoms with van der Waals surface area (Å²) in [6.07, 6.45) is 4.76. The Morgan fingerprint density at radius 2 is 2.00 bits per heavy atom. The maximum Gasteiger partial charge on any atom is 0.266 e. The number of benzene rings is 1. The van der Waals surface area contributed by atoms with Crippen LogP contribution in [0.3, 0.4) is 0 Å². The van der Waals surface area contributed by atoms with Crippen molar-refractivity contribution >= 4 is 11.8 Å². The van der Waals surface area contributed by atoms with Crippen LogP contribution in [0.1, 0.15) is 46.7 Å². The number of hydrogen-bond acceptors (Lipinski definition) is 3. The van der Waals surface area contributed by atoms with Gasteiger partial charge in [-0.2, -0.15) is 0 Å². The maximum atomic E-state index is 5.48. The molecule has 0 saturated heterocycles. The lowest BCUT2D eigenvalue weighted by molar-refractivity contribution is -0.780. The summed E-state index contributed by atoms with van der Waals surface area (Å²) >= 11 is 1.77. The van der Waals surface area contributed by atoms with E-state index in [0.717, 1.165) is 18.2 Å². The Bertz CT molecular complexity index is 739. The van der Waals surface area contributed by atoms with Crippen molar-refractivity contribution in [3.8, 4) is 5.75 Å². The van der Waals surface area contributed by atoms with Crippen molar-refractivity contribution in [2.45, 2.75) is 51.1 Å². The molecule has 1 aliphatic rings. The lowest BCUT2D eigenvalue weighted by Gasteiger charge is -2.12. The van der Waals surface area contributed by atoms with E-state index in [9.17, 15) is 0 Å². The highest BCUT2D eigenvalue weighted by Gasteiger charge is 2.29. The molecule has 122 valence electrons. The summed E-state index contributed by atoms with van der Waals surface area (Å²) in [4.78, 5) is 0. The number of aryl methyl sites for hydroxylation is 2. The van der Waals surface area contributed by atoms with Gasteiger partial charge in [-0.3, -0.25) is 0 Å². The normalized spacial score (nSPS) is 14.1. The minimum Gasteiger partial charge on any atom is -0.496 e. The number of hydrogen-bond donors (Lipinski definition) is 0. The molecule has 1 heterocycles. The van der Waals surface area contributed by atoms with Crippen molar-refractivity contribution < 1.29 is 9.42 Å². The van der Waals surface area contributed by atoms with Crippen molar-refractivity contribution in [1.29, 1.82) is 0 Å². The smallest absolute Gasteiger partial charge is 0.266 e. The molecule has 0 radical (unpaired) electrons. The van der Waals surface area contributed by atoms with Crippen LogP contribution in [-0.2, 0) is 6.54 Å². The standard InChI is InChI=1S/C19H25N2OS/c1-12-6-9-18(22-4)13(2)17(12)11-21-19(23-5)10-16(14(3)20-21)15-7-8-15/h6,9-10,15H,7-8,11H2,1-5H3/q+1. The van der Waals surface area contributed by atoms with E-state index in [1.165, 1.54) is 45.8 Å². The largest absolute Gasteiger partial charge is 0.496 e. The topological polar surface area (TPSA) is 26.0 Å². The van der Waals surface area contributed by atoms with E-state index >= 15 is 0 Å². The van der Waals surface area contributed by atoms with Gasteiger partial charge in [-0.25, -0.2) is 0 Å². The third-order valence-corrected chi connectivity index (χ3v) is 5.51. The minimum absolute atomic E-state index is 0.739. The van der Waals surface area contributed by atoms with Gasteiger partial charge in [-0.1, -0.05) is 22.5 Å². The Balaban J connectivity index is 2.01. The van der Waals surface area contributed by atoms with Crippen molar-refractivity contribution in [2.24, 2.45) is 0 Å². The average molecular weight is 329 g/mol. The summed E-state index contributed by atoms with van der Waals surface area (Å²) in [5.41, 5.74) is 6.40. The fourth-order valence-electron chi connectivity index (χ4n) is 3.17. The molecule has 2 aromatic rings. The van der Waals surface area contributed by atoms with Crippen molar-refractivity contribution in [3.63, 3.8) is 0 Å². The zero-order chi connectivity index (χ0) is 16.6. The van der Waals surface area contributed by atoms with E-state index in [2.05, 4.69) is 43.8 Å². The zero-order valence-electron chi connectivity index (χ0n) is 14.6. The van der Waals surface area contributed by atoms with Gasteiger partial charge in [0.2, 0.25) is 6.54 Å². The molecular formula is C19H25N2OS+. The highest BCUT2D eigenvalue weighted by atomic mass is 32.2. The Morgan fingerprint density at radius 1 is 1.26 bits per heavy atom. The molecule has 0 amide bonds. The molecule has 1 aliphatic carbocycles. The first kappa shape index (κ1) is 16.3. The molecule has 1 saturated carbocycles. The Hall–Kier alpha value is -1.55. The summed E-state index contributed by atoms with van der Waals surface area (Å²) in [5, 5.41) is 6.13. The molecule has 0 unspecified atom stereocenters. The lowest BCUT2D eigenvalue weighted by Crippen LogP contribution is -2.42. The molecule has 3 nitrogen and oxygen atoms in total. The van der Waals surface area contributed by atoms with Gasteiger partial charge in [-0.15, -0.1) is 0 Å². The first-order valence-corrected chi connectivity index (χ1v) is 9.36. The van der Waals surface area contributed by atoms with E-state index in [1.807, 2.05) is 6.07 Å². The van der Waals surface area contributed by atoms with E-state index in [4.69, 9.17) is 9.84 Å². The predicted octanol–water partition coefficient (Wildman–Crippen LogP) is 3.95. The van der Waals surface area contributed by atoms with Crippen LogP contribution in [0.2, 0.25) is 0 Å². The summed E-state index contributed by atoms with van der Waals surface area (Å²) in [6, 6.07) is 6.52. The third-order valence-electron chi connectivity index (χ3n) is 4.76. The fourth-order valence-corrected chi connectivity index (χ4v) is 3.73. The summed E-state index contributed by atoms with van der Waals surface area (Å²) in [7, 11) is 1.73. The molecule has 0 bridgehead atoms. The molecule has 0 N–H and O–H groups in total. The molecule has 3 rings (SSSR count). The fraction of sp³-hybridized carbons (Fsp3) is 0.474. The number of nitrogens with zero attached hydrogens (tertiary/aromatic N) is 2. The molecule has 4 heteroatoms. The number of methoxy groups -OCH3 is 1. The van der Waals surface area contributed by atoms with Gasteiger partial charge in [0.15, 0.2) is 0 Å². The molecular weight excluding hydrogens is 304 g/mol. The third kappa shape index (κ3) is 3.23. The van der Waals surface area contributed by atoms with Crippen molar-refractivity contribution in [3.05, 3.63) is 46.1 Å². The van der Waals surface area contributed by atoms with Gasteiger partial charge in [0.05, 0.1) is 7.11 Å². The molecule has 0 spiro atoms. The van der Waals surface area contributed by atoms with Gasteiger partial charge in [0, 0.05) is 17.2 Å². The highest BCUT2D eigenvalue weighted by molar-refractivity contribution is 7.98. The van der Waals surface area contributed by atoms with Gasteiger partial charge in [-0.05, 0) is 68.1 Å². The second-order valence-corrected chi connectivity index (χ2v) is 7.17. The molecule has 0 aliphatic heterocycles. The highest BCUT2D eigenvalue weighted by Crippen LogP contribution is 2.41. The number of rotatable bonds is 5. The van der Waals surface area contributed by atoms with Gasteiger partial charge in [0.1, 0.15) is 11.4 Å². The van der Waals surface area contributed by atoms with Crippen LogP contribution < -0.4 is 9.42 Å². The van der Waals surface area contributed by atoms with Crippen LogP contribution in [0.5, 0.6) is 5.75 Å². The number of aromatic nitrogens is 2. The lowest BCUT2D eigenvalue weighted by atomic mass is 10.0. The Kier molecular flexibility index (Phi) is 4.62. The van der Waals surface area contributed by atoms with Crippen LogP contribution >= 0.6 is 11.8 Å². The van der Waals surface area contributed by atoms with Crippen LogP contribution in [0.15, 0.2) is 23.2 Å². The second kappa shape index (κ2) is 6.52. The quantitative estimate of drug-likeness (QED) is 0.614. The van der Waals surface area contributed by atoms with Gasteiger partial charge >= 0.3 is 0 Å². The number of ether oxygens (including phenoxy) is 1. The van der Waals surface area contributed by atoms with Crippen molar-refractivity contribution in [2.75, 3.05) is 13.4 Å². The SMILES string of the molecule is COc1ccc(C)c(C[n+]2nc(C)c(C3CC3)cc2SC)c1C. The first-order chi connectivity index (χ1) is 11.0. The molecule has 1 fully saturated rings. The molecule has 0 atom stereocenters. The maximum absolute atomic E-state index is 5.48. The summed E-state index contributed by atoms with van der Waals surface area (Å²) in [6.45, 7) is 7.22. The van der Waals surface area contributed by atoms with Crippen molar-refractivity contribution in [1.82, 2.24) is 5.10 Å². The van der Waals surface area contributed by atoms with E-state index < -0.39 is 0 Å². The second-order valence-electron chi connectivity index (χ2n) is 6.35. The minimum atomic E-state index is 0.739. The Morgan fingerprint density at radius 3 is 2.61 bits per heavy atom. The summed E-state index contributed by atoms with van der Waals surface area (Å²) in [5.74, 6) is 1.69. The average Bonchev–Trinajstić information content (AvgIpc) is 3.36. The summed E-state index contributed by atoms with van der Waals surface area (Å²) < 4.78 is 7.62. The molecule has 1 aromatic heterocycles. The predicted molar refractivity (Wildman–Crippen MR) is 94.5 cm³/mol. The van der Waals surface area contributed by atoms with Gasteiger partial charge < -0.3 is 4.74 Å². The van der Waals surface area contributed by atoms with E-state index in [1.54, 1.807) is 18.9 Å². The van der Waals surface area contributed by atoms with Crippen LogP contribution in [0.4, 0.5) is 0 Å². The van der Waals surface area contributed by atoms with Crippen LogP contribution in [0.25, 0.3) is 0 Å². The molecule has 1 aromatic carbocycles. The van der Waals surface area contributed by atoms with Gasteiger partial charge in [0.25, 0.3) is 5.03 Å². The monoisotopic (exact) mass is 329 g/mol. The Labute approximate surface area is 143 Å². The van der Waals surface area contributed by atoms with Crippen LogP contribution in [-0.4, -0.2) is 18.5 Å².